The monoisotopic (exact) mass is 330 g/mol. The van der Waals surface area contributed by atoms with E-state index in [9.17, 15) is 8.42 Å². The lowest BCUT2D eigenvalue weighted by Gasteiger charge is -2.29. The minimum Gasteiger partial charge on any atom is -0.316 e. The highest BCUT2D eigenvalue weighted by atomic mass is 35.5. The molecule has 21 heavy (non-hydrogen) atoms. The van der Waals surface area contributed by atoms with E-state index in [1.54, 1.807) is 25.2 Å². The minimum atomic E-state index is -3.49. The van der Waals surface area contributed by atoms with E-state index in [2.05, 4.69) is 17.0 Å². The average molecular weight is 331 g/mol. The molecule has 0 amide bonds. The Bertz CT molecular complexity index is 589. The highest BCUT2D eigenvalue weighted by Gasteiger charge is 2.27. The summed E-state index contributed by atoms with van der Waals surface area (Å²) in [7, 11) is -1.68. The van der Waals surface area contributed by atoms with Crippen molar-refractivity contribution in [1.29, 1.82) is 0 Å². The van der Waals surface area contributed by atoms with Gasteiger partial charge in [0.2, 0.25) is 10.0 Å². The van der Waals surface area contributed by atoms with Crippen LogP contribution < -0.4 is 10.0 Å². The molecular formula is C15H23ClN2O2S. The van der Waals surface area contributed by atoms with Gasteiger partial charge in [-0.15, -0.1) is 0 Å². The van der Waals surface area contributed by atoms with Gasteiger partial charge >= 0.3 is 0 Å². The standard InChI is InChI=1S/C15H23ClN2O2S/c1-11-5-3-4-6-15(11)18-21(19,20)13-7-8-14(16)12(9-13)10-17-2/h7-9,11,15,17-18H,3-6,10H2,1-2H3. The Labute approximate surface area is 132 Å². The SMILES string of the molecule is CNCc1cc(S(=O)(=O)NC2CCCCC2C)ccc1Cl. The number of hydrogen-bond donors (Lipinski definition) is 2. The van der Waals surface area contributed by atoms with E-state index < -0.39 is 10.0 Å². The first-order valence-electron chi connectivity index (χ1n) is 7.39. The van der Waals surface area contributed by atoms with Crippen LogP contribution in [0.1, 0.15) is 38.2 Å². The van der Waals surface area contributed by atoms with E-state index in [-0.39, 0.29) is 10.9 Å². The summed E-state index contributed by atoms with van der Waals surface area (Å²) in [5.74, 6) is 0.387. The van der Waals surface area contributed by atoms with Crippen molar-refractivity contribution >= 4 is 21.6 Å². The van der Waals surface area contributed by atoms with Crippen molar-refractivity contribution in [2.24, 2.45) is 5.92 Å². The zero-order valence-electron chi connectivity index (χ0n) is 12.5. The second-order valence-corrected chi connectivity index (χ2v) is 7.89. The molecule has 118 valence electrons. The van der Waals surface area contributed by atoms with Crippen molar-refractivity contribution in [1.82, 2.24) is 10.0 Å². The zero-order chi connectivity index (χ0) is 15.5. The fourth-order valence-corrected chi connectivity index (χ4v) is 4.42. The fraction of sp³-hybridized carbons (Fsp3) is 0.600. The minimum absolute atomic E-state index is 0.0344. The summed E-state index contributed by atoms with van der Waals surface area (Å²) in [6.07, 6.45) is 4.27. The molecule has 6 heteroatoms. The number of sulfonamides is 1. The molecule has 2 rings (SSSR count). The second-order valence-electron chi connectivity index (χ2n) is 5.77. The highest BCUT2D eigenvalue weighted by Crippen LogP contribution is 2.26. The van der Waals surface area contributed by atoms with Crippen LogP contribution in [0.2, 0.25) is 5.02 Å². The van der Waals surface area contributed by atoms with Gasteiger partial charge in [-0.3, -0.25) is 0 Å². The second kappa shape index (κ2) is 7.09. The third-order valence-corrected chi connectivity index (χ3v) is 5.97. The van der Waals surface area contributed by atoms with Crippen molar-refractivity contribution in [2.45, 2.75) is 50.1 Å². The first-order valence-corrected chi connectivity index (χ1v) is 9.25. The molecule has 1 aliphatic carbocycles. The molecule has 1 aromatic rings. The third kappa shape index (κ3) is 4.19. The quantitative estimate of drug-likeness (QED) is 0.872. The van der Waals surface area contributed by atoms with Gasteiger partial charge in [-0.05, 0) is 49.6 Å². The van der Waals surface area contributed by atoms with Crippen LogP contribution in [-0.4, -0.2) is 21.5 Å². The number of benzene rings is 1. The molecular weight excluding hydrogens is 308 g/mol. The molecule has 4 nitrogen and oxygen atoms in total. The molecule has 1 fully saturated rings. The number of nitrogens with one attached hydrogen (secondary N) is 2. The summed E-state index contributed by atoms with van der Waals surface area (Å²) in [5.41, 5.74) is 0.790. The summed E-state index contributed by atoms with van der Waals surface area (Å²) in [4.78, 5) is 0.287. The van der Waals surface area contributed by atoms with Crippen molar-refractivity contribution in [3.8, 4) is 0 Å². The van der Waals surface area contributed by atoms with Crippen LogP contribution in [-0.2, 0) is 16.6 Å². The molecule has 1 saturated carbocycles. The molecule has 0 aliphatic heterocycles. The van der Waals surface area contributed by atoms with E-state index in [1.165, 1.54) is 6.42 Å². The van der Waals surface area contributed by atoms with Gasteiger partial charge in [-0.25, -0.2) is 13.1 Å². The van der Waals surface area contributed by atoms with Gasteiger partial charge < -0.3 is 5.32 Å². The predicted octanol–water partition coefficient (Wildman–Crippen LogP) is 2.92. The Balaban J connectivity index is 2.20. The van der Waals surface area contributed by atoms with Crippen LogP contribution in [0.5, 0.6) is 0 Å². The lowest BCUT2D eigenvalue weighted by Crippen LogP contribution is -2.41. The molecule has 2 N–H and O–H groups in total. The third-order valence-electron chi connectivity index (χ3n) is 4.11. The molecule has 0 aromatic heterocycles. The van der Waals surface area contributed by atoms with E-state index in [0.29, 0.717) is 17.5 Å². The summed E-state index contributed by atoms with van der Waals surface area (Å²) < 4.78 is 27.9. The fourth-order valence-electron chi connectivity index (χ4n) is 2.80. The molecule has 0 heterocycles. The van der Waals surface area contributed by atoms with Crippen LogP contribution in [0.4, 0.5) is 0 Å². The first kappa shape index (κ1) is 16.7. The molecule has 2 unspecified atom stereocenters. The summed E-state index contributed by atoms with van der Waals surface area (Å²) >= 11 is 6.08. The van der Waals surface area contributed by atoms with Crippen molar-refractivity contribution in [2.75, 3.05) is 7.05 Å². The number of halogens is 1. The Morgan fingerprint density at radius 3 is 2.67 bits per heavy atom. The smallest absolute Gasteiger partial charge is 0.240 e. The normalized spacial score (nSPS) is 23.2. The van der Waals surface area contributed by atoms with Gasteiger partial charge in [0, 0.05) is 17.6 Å². The van der Waals surface area contributed by atoms with Gasteiger partial charge in [-0.1, -0.05) is 31.4 Å². The lowest BCUT2D eigenvalue weighted by atomic mass is 9.87. The van der Waals surface area contributed by atoms with Crippen LogP contribution in [0.3, 0.4) is 0 Å². The van der Waals surface area contributed by atoms with Gasteiger partial charge in [0.25, 0.3) is 0 Å². The maximum atomic E-state index is 12.5. The van der Waals surface area contributed by atoms with E-state index in [4.69, 9.17) is 11.6 Å². The topological polar surface area (TPSA) is 58.2 Å². The molecule has 2 atom stereocenters. The maximum absolute atomic E-state index is 12.5. The Hall–Kier alpha value is -0.620. The van der Waals surface area contributed by atoms with Crippen molar-refractivity contribution in [3.63, 3.8) is 0 Å². The molecule has 0 spiro atoms. The average Bonchev–Trinajstić information content (AvgIpc) is 2.44. The number of hydrogen-bond acceptors (Lipinski definition) is 3. The molecule has 0 saturated heterocycles. The van der Waals surface area contributed by atoms with E-state index in [1.807, 2.05) is 0 Å². The Morgan fingerprint density at radius 1 is 1.29 bits per heavy atom. The summed E-state index contributed by atoms with van der Waals surface area (Å²) in [6.45, 7) is 2.66. The molecule has 1 aromatic carbocycles. The van der Waals surface area contributed by atoms with Crippen molar-refractivity contribution in [3.05, 3.63) is 28.8 Å². The van der Waals surface area contributed by atoms with Gasteiger partial charge in [-0.2, -0.15) is 0 Å². The molecule has 1 aliphatic rings. The summed E-state index contributed by atoms with van der Waals surface area (Å²) in [5, 5.41) is 3.57. The van der Waals surface area contributed by atoms with Crippen LogP contribution in [0.15, 0.2) is 23.1 Å². The lowest BCUT2D eigenvalue weighted by molar-refractivity contribution is 0.310. The van der Waals surface area contributed by atoms with Gasteiger partial charge in [0.1, 0.15) is 0 Å². The molecule has 0 radical (unpaired) electrons. The highest BCUT2D eigenvalue weighted by molar-refractivity contribution is 7.89. The van der Waals surface area contributed by atoms with Crippen molar-refractivity contribution < 1.29 is 8.42 Å². The van der Waals surface area contributed by atoms with E-state index in [0.717, 1.165) is 24.8 Å². The van der Waals surface area contributed by atoms with Gasteiger partial charge in [0.05, 0.1) is 4.90 Å². The van der Waals surface area contributed by atoms with Gasteiger partial charge in [0.15, 0.2) is 0 Å². The first-order chi connectivity index (χ1) is 9.94. The largest absolute Gasteiger partial charge is 0.316 e. The molecule has 0 bridgehead atoms. The van der Waals surface area contributed by atoms with E-state index >= 15 is 0 Å². The van der Waals surface area contributed by atoms with Crippen LogP contribution in [0, 0.1) is 5.92 Å². The zero-order valence-corrected chi connectivity index (χ0v) is 14.1. The predicted molar refractivity (Wildman–Crippen MR) is 86.0 cm³/mol. The van der Waals surface area contributed by atoms with Crippen LogP contribution >= 0.6 is 11.6 Å². The summed E-state index contributed by atoms with van der Waals surface area (Å²) in [6, 6.07) is 4.89. The number of rotatable bonds is 5. The Kier molecular flexibility index (Phi) is 5.66. The maximum Gasteiger partial charge on any atom is 0.240 e. The Morgan fingerprint density at radius 2 is 2.00 bits per heavy atom. The van der Waals surface area contributed by atoms with Crippen LogP contribution in [0.25, 0.3) is 0 Å².